The van der Waals surface area contributed by atoms with Gasteiger partial charge in [0.1, 0.15) is 12.1 Å². The molecule has 0 fully saturated rings. The van der Waals surface area contributed by atoms with Crippen molar-refractivity contribution in [2.75, 3.05) is 17.2 Å². The molecule has 36 heavy (non-hydrogen) atoms. The molecule has 4 amide bonds. The van der Waals surface area contributed by atoms with Crippen LogP contribution in [0, 0.1) is 12.8 Å². The fourth-order valence-corrected chi connectivity index (χ4v) is 3.43. The Hall–Kier alpha value is -3.92. The predicted molar refractivity (Wildman–Crippen MR) is 139 cm³/mol. The van der Waals surface area contributed by atoms with E-state index >= 15 is 0 Å². The van der Waals surface area contributed by atoms with E-state index in [0.717, 1.165) is 5.56 Å². The van der Waals surface area contributed by atoms with E-state index in [1.54, 1.807) is 24.3 Å². The standard InChI is InChI=1S/C26H35N5O5/c1-16(2)14-22(24(33)28-13-12-20(27)25(34)35)30-23(32)15-18-8-10-19(11-9-18)29-26(36)31-21-7-5-4-6-17(21)3/h4-11,16,20,22H,12-15,27H2,1-3H3,(H,28,33)(H,30,32)(H,34,35)(H2,29,31,36)/t20-,22?/m1/s1. The van der Waals surface area contributed by atoms with Crippen molar-refractivity contribution in [1.82, 2.24) is 10.6 Å². The third kappa shape index (κ3) is 9.75. The van der Waals surface area contributed by atoms with Gasteiger partial charge in [-0.1, -0.05) is 44.2 Å². The van der Waals surface area contributed by atoms with E-state index < -0.39 is 18.1 Å². The summed E-state index contributed by atoms with van der Waals surface area (Å²) in [5.74, 6) is -1.69. The second kappa shape index (κ2) is 13.8. The van der Waals surface area contributed by atoms with E-state index in [2.05, 4.69) is 21.3 Å². The van der Waals surface area contributed by atoms with Crippen LogP contribution in [0.2, 0.25) is 0 Å². The monoisotopic (exact) mass is 497 g/mol. The molecule has 2 aromatic rings. The molecule has 0 saturated carbocycles. The van der Waals surface area contributed by atoms with Crippen LogP contribution in [0.3, 0.4) is 0 Å². The van der Waals surface area contributed by atoms with Gasteiger partial charge in [-0.05, 0) is 55.0 Å². The van der Waals surface area contributed by atoms with Crippen molar-refractivity contribution < 1.29 is 24.3 Å². The van der Waals surface area contributed by atoms with Crippen molar-refractivity contribution in [1.29, 1.82) is 0 Å². The molecule has 0 aliphatic rings. The van der Waals surface area contributed by atoms with Crippen LogP contribution in [0.4, 0.5) is 16.2 Å². The van der Waals surface area contributed by atoms with Gasteiger partial charge in [0.2, 0.25) is 11.8 Å². The lowest BCUT2D eigenvalue weighted by Crippen LogP contribution is -2.48. The topological polar surface area (TPSA) is 163 Å². The number of urea groups is 1. The minimum Gasteiger partial charge on any atom is -0.480 e. The number of carboxylic acid groups (broad SMARTS) is 1. The summed E-state index contributed by atoms with van der Waals surface area (Å²) in [6, 6.07) is 12.1. The Balaban J connectivity index is 1.88. The number of nitrogens with one attached hydrogen (secondary N) is 4. The molecule has 10 heteroatoms. The number of rotatable bonds is 12. The highest BCUT2D eigenvalue weighted by Crippen LogP contribution is 2.15. The van der Waals surface area contributed by atoms with Crippen molar-refractivity contribution >= 4 is 35.2 Å². The largest absolute Gasteiger partial charge is 0.480 e. The first kappa shape index (κ1) is 28.3. The van der Waals surface area contributed by atoms with Crippen LogP contribution in [-0.4, -0.2) is 47.5 Å². The highest BCUT2D eigenvalue weighted by Gasteiger charge is 2.22. The summed E-state index contributed by atoms with van der Waals surface area (Å²) in [5.41, 5.74) is 8.41. The second-order valence-corrected chi connectivity index (χ2v) is 9.04. The van der Waals surface area contributed by atoms with Crippen LogP contribution < -0.4 is 27.0 Å². The number of para-hydroxylation sites is 1. The molecule has 0 radical (unpaired) electrons. The van der Waals surface area contributed by atoms with Gasteiger partial charge in [-0.15, -0.1) is 0 Å². The van der Waals surface area contributed by atoms with Crippen LogP contribution >= 0.6 is 0 Å². The highest BCUT2D eigenvalue weighted by atomic mass is 16.4. The Morgan fingerprint density at radius 1 is 0.972 bits per heavy atom. The number of carboxylic acids is 1. The predicted octanol–water partition coefficient (Wildman–Crippen LogP) is 2.63. The number of carbonyl (C=O) groups is 4. The van der Waals surface area contributed by atoms with Crippen LogP contribution in [-0.2, 0) is 20.8 Å². The smallest absolute Gasteiger partial charge is 0.323 e. The van der Waals surface area contributed by atoms with E-state index in [-0.39, 0.29) is 43.1 Å². The average molecular weight is 498 g/mol. The molecule has 2 rings (SSSR count). The minimum absolute atomic E-state index is 0.0570. The Bertz CT molecular complexity index is 1050. The summed E-state index contributed by atoms with van der Waals surface area (Å²) in [4.78, 5) is 48.2. The lowest BCUT2D eigenvalue weighted by molar-refractivity contribution is -0.138. The second-order valence-electron chi connectivity index (χ2n) is 9.04. The molecular formula is C26H35N5O5. The molecule has 2 atom stereocenters. The Labute approximate surface area is 211 Å². The third-order valence-electron chi connectivity index (χ3n) is 5.40. The van der Waals surface area contributed by atoms with Crippen molar-refractivity contribution in [2.24, 2.45) is 11.7 Å². The Kier molecular flexibility index (Phi) is 10.9. The first-order chi connectivity index (χ1) is 17.0. The molecule has 0 heterocycles. The fraction of sp³-hybridized carbons (Fsp3) is 0.385. The summed E-state index contributed by atoms with van der Waals surface area (Å²) in [5, 5.41) is 19.8. The summed E-state index contributed by atoms with van der Waals surface area (Å²) in [7, 11) is 0. The molecule has 2 aromatic carbocycles. The highest BCUT2D eigenvalue weighted by molar-refractivity contribution is 6.00. The van der Waals surface area contributed by atoms with E-state index in [1.807, 2.05) is 45.0 Å². The molecular weight excluding hydrogens is 462 g/mol. The molecule has 0 saturated heterocycles. The zero-order valence-corrected chi connectivity index (χ0v) is 20.8. The van der Waals surface area contributed by atoms with E-state index in [9.17, 15) is 19.2 Å². The quantitative estimate of drug-likeness (QED) is 0.264. The summed E-state index contributed by atoms with van der Waals surface area (Å²) >= 11 is 0. The molecule has 10 nitrogen and oxygen atoms in total. The maximum absolute atomic E-state index is 12.6. The van der Waals surface area contributed by atoms with Gasteiger partial charge in [-0.2, -0.15) is 0 Å². The van der Waals surface area contributed by atoms with Crippen molar-refractivity contribution in [3.63, 3.8) is 0 Å². The molecule has 0 spiro atoms. The molecule has 1 unspecified atom stereocenters. The number of nitrogens with two attached hydrogens (primary N) is 1. The van der Waals surface area contributed by atoms with Gasteiger partial charge in [-0.3, -0.25) is 14.4 Å². The lowest BCUT2D eigenvalue weighted by atomic mass is 10.0. The van der Waals surface area contributed by atoms with E-state index in [1.165, 1.54) is 0 Å². The first-order valence-electron chi connectivity index (χ1n) is 11.8. The summed E-state index contributed by atoms with van der Waals surface area (Å²) in [6.07, 6.45) is 0.579. The molecule has 194 valence electrons. The van der Waals surface area contributed by atoms with Gasteiger partial charge >= 0.3 is 12.0 Å². The van der Waals surface area contributed by atoms with Crippen molar-refractivity contribution in [2.45, 2.75) is 52.1 Å². The molecule has 0 bridgehead atoms. The summed E-state index contributed by atoms with van der Waals surface area (Å²) in [6.45, 7) is 5.88. The first-order valence-corrected chi connectivity index (χ1v) is 11.8. The van der Waals surface area contributed by atoms with Crippen LogP contribution in [0.15, 0.2) is 48.5 Å². The molecule has 7 N–H and O–H groups in total. The van der Waals surface area contributed by atoms with Gasteiger partial charge in [-0.25, -0.2) is 4.79 Å². The Morgan fingerprint density at radius 3 is 2.25 bits per heavy atom. The maximum Gasteiger partial charge on any atom is 0.323 e. The van der Waals surface area contributed by atoms with E-state index in [0.29, 0.717) is 23.4 Å². The van der Waals surface area contributed by atoms with Crippen LogP contribution in [0.1, 0.15) is 37.8 Å². The zero-order valence-electron chi connectivity index (χ0n) is 20.8. The number of amides is 4. The number of aryl methyl sites for hydroxylation is 1. The number of carbonyl (C=O) groups excluding carboxylic acids is 3. The summed E-state index contributed by atoms with van der Waals surface area (Å²) < 4.78 is 0. The van der Waals surface area contributed by atoms with Crippen molar-refractivity contribution in [3.05, 3.63) is 59.7 Å². The van der Waals surface area contributed by atoms with Gasteiger partial charge in [0.15, 0.2) is 0 Å². The number of benzene rings is 2. The number of hydrogen-bond donors (Lipinski definition) is 6. The van der Waals surface area contributed by atoms with Gasteiger partial charge < -0.3 is 32.1 Å². The third-order valence-corrected chi connectivity index (χ3v) is 5.40. The number of aliphatic carboxylic acids is 1. The molecule has 0 aliphatic carbocycles. The maximum atomic E-state index is 12.6. The average Bonchev–Trinajstić information content (AvgIpc) is 2.80. The van der Waals surface area contributed by atoms with E-state index in [4.69, 9.17) is 10.8 Å². The fourth-order valence-electron chi connectivity index (χ4n) is 3.43. The number of hydrogen-bond acceptors (Lipinski definition) is 5. The number of anilines is 2. The van der Waals surface area contributed by atoms with Gasteiger partial charge in [0.05, 0.1) is 6.42 Å². The Morgan fingerprint density at radius 2 is 1.64 bits per heavy atom. The lowest BCUT2D eigenvalue weighted by Gasteiger charge is -2.20. The normalized spacial score (nSPS) is 12.4. The van der Waals surface area contributed by atoms with Gasteiger partial charge in [0.25, 0.3) is 0 Å². The van der Waals surface area contributed by atoms with Gasteiger partial charge in [0, 0.05) is 17.9 Å². The molecule has 0 aromatic heterocycles. The van der Waals surface area contributed by atoms with Crippen molar-refractivity contribution in [3.8, 4) is 0 Å². The zero-order chi connectivity index (χ0) is 26.7. The minimum atomic E-state index is -1.13. The van der Waals surface area contributed by atoms with Crippen LogP contribution in [0.25, 0.3) is 0 Å². The SMILES string of the molecule is Cc1ccccc1NC(=O)Nc1ccc(CC(=O)NC(CC(C)C)C(=O)NCC[C@@H](N)C(=O)O)cc1. The van der Waals surface area contributed by atoms with Crippen LogP contribution in [0.5, 0.6) is 0 Å². The molecule has 0 aliphatic heterocycles.